The van der Waals surface area contributed by atoms with E-state index in [1.165, 1.54) is 30.9 Å². The topological polar surface area (TPSA) is 26.3 Å². The SMILES string of the molecule is COc1cc(C(=O)CCCc2ccccc2)ccc1F. The summed E-state index contributed by atoms with van der Waals surface area (Å²) in [4.78, 5) is 12.0. The molecule has 2 rings (SSSR count). The zero-order valence-electron chi connectivity index (χ0n) is 11.4. The Labute approximate surface area is 118 Å². The monoisotopic (exact) mass is 272 g/mol. The largest absolute Gasteiger partial charge is 0.494 e. The van der Waals surface area contributed by atoms with Gasteiger partial charge in [-0.1, -0.05) is 30.3 Å². The average molecular weight is 272 g/mol. The van der Waals surface area contributed by atoms with Crippen molar-refractivity contribution in [2.45, 2.75) is 19.3 Å². The van der Waals surface area contributed by atoms with Crippen LogP contribution in [0.4, 0.5) is 4.39 Å². The van der Waals surface area contributed by atoms with Gasteiger partial charge in [-0.3, -0.25) is 4.79 Å². The highest BCUT2D eigenvalue weighted by Crippen LogP contribution is 2.19. The number of halogens is 1. The maximum Gasteiger partial charge on any atom is 0.165 e. The number of ketones is 1. The molecule has 20 heavy (non-hydrogen) atoms. The number of carbonyl (C=O) groups excluding carboxylic acids is 1. The summed E-state index contributed by atoms with van der Waals surface area (Å²) >= 11 is 0. The van der Waals surface area contributed by atoms with Crippen LogP contribution < -0.4 is 4.74 Å². The Kier molecular flexibility index (Phi) is 4.88. The number of benzene rings is 2. The van der Waals surface area contributed by atoms with E-state index >= 15 is 0 Å². The van der Waals surface area contributed by atoms with Crippen molar-refractivity contribution in [3.8, 4) is 5.75 Å². The molecule has 0 unspecified atom stereocenters. The third-order valence-corrected chi connectivity index (χ3v) is 3.19. The molecule has 2 aromatic rings. The molecule has 3 heteroatoms. The molecule has 0 aliphatic carbocycles. The Morgan fingerprint density at radius 1 is 1.15 bits per heavy atom. The van der Waals surface area contributed by atoms with Gasteiger partial charge >= 0.3 is 0 Å². The average Bonchev–Trinajstić information content (AvgIpc) is 2.48. The lowest BCUT2D eigenvalue weighted by Gasteiger charge is -2.05. The predicted molar refractivity (Wildman–Crippen MR) is 76.7 cm³/mol. The Bertz CT molecular complexity index is 579. The van der Waals surface area contributed by atoms with Gasteiger partial charge in [0.1, 0.15) is 0 Å². The molecule has 0 radical (unpaired) electrons. The van der Waals surface area contributed by atoms with Gasteiger partial charge in [0.15, 0.2) is 17.3 Å². The number of ether oxygens (including phenoxy) is 1. The maximum atomic E-state index is 13.3. The standard InChI is InChI=1S/C17H17FO2/c1-20-17-12-14(10-11-15(17)18)16(19)9-5-8-13-6-3-2-4-7-13/h2-4,6-7,10-12H,5,8-9H2,1H3. The minimum atomic E-state index is -0.451. The first-order valence-corrected chi connectivity index (χ1v) is 6.61. The third-order valence-electron chi connectivity index (χ3n) is 3.19. The Balaban J connectivity index is 1.92. The summed E-state index contributed by atoms with van der Waals surface area (Å²) in [7, 11) is 1.39. The molecule has 0 bridgehead atoms. The molecular formula is C17H17FO2. The van der Waals surface area contributed by atoms with Gasteiger partial charge in [-0.25, -0.2) is 4.39 Å². The minimum absolute atomic E-state index is 0.0132. The Morgan fingerprint density at radius 3 is 2.60 bits per heavy atom. The van der Waals surface area contributed by atoms with Gasteiger partial charge in [0.2, 0.25) is 0 Å². The van der Waals surface area contributed by atoms with Crippen molar-refractivity contribution in [2.24, 2.45) is 0 Å². The number of carbonyl (C=O) groups is 1. The molecule has 0 saturated heterocycles. The molecule has 0 aromatic heterocycles. The lowest BCUT2D eigenvalue weighted by atomic mass is 10.0. The molecule has 0 N–H and O–H groups in total. The second kappa shape index (κ2) is 6.85. The number of methoxy groups -OCH3 is 1. The second-order valence-electron chi connectivity index (χ2n) is 4.61. The fourth-order valence-electron chi connectivity index (χ4n) is 2.08. The van der Waals surface area contributed by atoms with Crippen LogP contribution in [0.25, 0.3) is 0 Å². The molecule has 0 fully saturated rings. The van der Waals surface area contributed by atoms with Crippen LogP contribution in [0.2, 0.25) is 0 Å². The molecule has 0 aliphatic rings. The highest BCUT2D eigenvalue weighted by molar-refractivity contribution is 5.96. The number of aryl methyl sites for hydroxylation is 1. The zero-order valence-corrected chi connectivity index (χ0v) is 11.4. The highest BCUT2D eigenvalue weighted by Gasteiger charge is 2.10. The van der Waals surface area contributed by atoms with Crippen molar-refractivity contribution in [1.82, 2.24) is 0 Å². The fourth-order valence-corrected chi connectivity index (χ4v) is 2.08. The Morgan fingerprint density at radius 2 is 1.90 bits per heavy atom. The van der Waals surface area contributed by atoms with Crippen LogP contribution in [-0.2, 0) is 6.42 Å². The molecule has 2 nitrogen and oxygen atoms in total. The second-order valence-corrected chi connectivity index (χ2v) is 4.61. The lowest BCUT2D eigenvalue weighted by molar-refractivity contribution is 0.0980. The van der Waals surface area contributed by atoms with Gasteiger partial charge in [-0.15, -0.1) is 0 Å². The van der Waals surface area contributed by atoms with Gasteiger partial charge in [-0.05, 0) is 36.6 Å². The van der Waals surface area contributed by atoms with Crippen molar-refractivity contribution in [1.29, 1.82) is 0 Å². The van der Waals surface area contributed by atoms with Crippen LogP contribution in [-0.4, -0.2) is 12.9 Å². The molecule has 0 saturated carbocycles. The number of rotatable bonds is 6. The number of hydrogen-bond acceptors (Lipinski definition) is 2. The summed E-state index contributed by atoms with van der Waals surface area (Å²) in [5.74, 6) is -0.327. The number of Topliss-reactive ketones (excluding diaryl/α,β-unsaturated/α-hetero) is 1. The molecule has 0 aliphatic heterocycles. The van der Waals surface area contributed by atoms with E-state index in [9.17, 15) is 9.18 Å². The molecular weight excluding hydrogens is 255 g/mol. The Hall–Kier alpha value is -2.16. The van der Waals surface area contributed by atoms with Gasteiger partial charge in [0.25, 0.3) is 0 Å². The third kappa shape index (κ3) is 3.67. The quantitative estimate of drug-likeness (QED) is 0.742. The first-order valence-electron chi connectivity index (χ1n) is 6.61. The molecule has 0 spiro atoms. The van der Waals surface area contributed by atoms with E-state index in [1.807, 2.05) is 30.3 Å². The summed E-state index contributed by atoms with van der Waals surface area (Å²) in [5.41, 5.74) is 1.72. The van der Waals surface area contributed by atoms with Crippen molar-refractivity contribution in [3.05, 3.63) is 65.5 Å². The van der Waals surface area contributed by atoms with Gasteiger partial charge in [-0.2, -0.15) is 0 Å². The van der Waals surface area contributed by atoms with Gasteiger partial charge in [0.05, 0.1) is 7.11 Å². The summed E-state index contributed by atoms with van der Waals surface area (Å²) < 4.78 is 18.2. The van der Waals surface area contributed by atoms with E-state index in [0.29, 0.717) is 12.0 Å². The number of hydrogen-bond donors (Lipinski definition) is 0. The highest BCUT2D eigenvalue weighted by atomic mass is 19.1. The normalized spacial score (nSPS) is 10.3. The summed E-state index contributed by atoms with van der Waals surface area (Å²) in [5, 5.41) is 0. The zero-order chi connectivity index (χ0) is 14.4. The molecule has 0 heterocycles. The van der Waals surface area contributed by atoms with E-state index in [4.69, 9.17) is 4.74 Å². The van der Waals surface area contributed by atoms with E-state index in [0.717, 1.165) is 12.8 Å². The molecule has 0 amide bonds. The lowest BCUT2D eigenvalue weighted by Crippen LogP contribution is -2.01. The van der Waals surface area contributed by atoms with Crippen LogP contribution in [0.1, 0.15) is 28.8 Å². The molecule has 0 atom stereocenters. The first kappa shape index (κ1) is 14.3. The predicted octanol–water partition coefficient (Wildman–Crippen LogP) is 4.04. The molecule has 104 valence electrons. The van der Waals surface area contributed by atoms with Crippen LogP contribution in [0.5, 0.6) is 5.75 Å². The summed E-state index contributed by atoms with van der Waals surface area (Å²) in [6.07, 6.45) is 2.09. The maximum absolute atomic E-state index is 13.3. The van der Waals surface area contributed by atoms with Crippen molar-refractivity contribution >= 4 is 5.78 Å². The van der Waals surface area contributed by atoms with Crippen molar-refractivity contribution in [2.75, 3.05) is 7.11 Å². The van der Waals surface area contributed by atoms with E-state index in [1.54, 1.807) is 0 Å². The smallest absolute Gasteiger partial charge is 0.165 e. The van der Waals surface area contributed by atoms with Crippen LogP contribution >= 0.6 is 0 Å². The fraction of sp³-hybridized carbons (Fsp3) is 0.235. The van der Waals surface area contributed by atoms with E-state index in [2.05, 4.69) is 0 Å². The minimum Gasteiger partial charge on any atom is -0.494 e. The first-order chi connectivity index (χ1) is 9.70. The molecule has 2 aromatic carbocycles. The summed E-state index contributed by atoms with van der Waals surface area (Å²) in [6, 6.07) is 14.3. The van der Waals surface area contributed by atoms with E-state index < -0.39 is 5.82 Å². The van der Waals surface area contributed by atoms with Crippen LogP contribution in [0.3, 0.4) is 0 Å². The summed E-state index contributed by atoms with van der Waals surface area (Å²) in [6.45, 7) is 0. The van der Waals surface area contributed by atoms with Crippen molar-refractivity contribution in [3.63, 3.8) is 0 Å². The van der Waals surface area contributed by atoms with Gasteiger partial charge < -0.3 is 4.74 Å². The van der Waals surface area contributed by atoms with Gasteiger partial charge in [0, 0.05) is 12.0 Å². The van der Waals surface area contributed by atoms with Crippen LogP contribution in [0.15, 0.2) is 48.5 Å². The van der Waals surface area contributed by atoms with E-state index in [-0.39, 0.29) is 11.5 Å². The van der Waals surface area contributed by atoms with Crippen LogP contribution in [0, 0.1) is 5.82 Å². The van der Waals surface area contributed by atoms with Crippen molar-refractivity contribution < 1.29 is 13.9 Å².